The number of anilines is 2. The highest BCUT2D eigenvalue weighted by Crippen LogP contribution is 2.55. The smallest absolute Gasteiger partial charge is 0.316 e. The van der Waals surface area contributed by atoms with Gasteiger partial charge in [-0.2, -0.15) is 0 Å². The molecule has 5 N–H and O–H groups in total. The van der Waals surface area contributed by atoms with E-state index in [-0.39, 0.29) is 11.1 Å². The monoisotopic (exact) mass is 401 g/mol. The Morgan fingerprint density at radius 2 is 1.75 bits per heavy atom. The van der Waals surface area contributed by atoms with Gasteiger partial charge in [0.15, 0.2) is 15.7 Å². The van der Waals surface area contributed by atoms with Gasteiger partial charge in [-0.1, -0.05) is 12.8 Å². The normalized spacial score (nSPS) is 18.7. The van der Waals surface area contributed by atoms with Crippen LogP contribution in [0.25, 0.3) is 11.4 Å². The Balaban J connectivity index is 1.69. The van der Waals surface area contributed by atoms with Crippen LogP contribution in [-0.4, -0.2) is 29.7 Å². The maximum atomic E-state index is 13.3. The molecule has 2 amide bonds. The number of primary amides is 1. The summed E-state index contributed by atoms with van der Waals surface area (Å²) < 4.78 is 25.6. The summed E-state index contributed by atoms with van der Waals surface area (Å²) in [5.74, 6) is 0.612. The number of rotatable bonds is 5. The Kier molecular flexibility index (Phi) is 4.49. The molecule has 148 valence electrons. The fraction of sp³-hybridized carbons (Fsp3) is 0.421. The second-order valence-electron chi connectivity index (χ2n) is 7.51. The molecule has 1 heterocycles. The third-order valence-corrected chi connectivity index (χ3v) is 8.67. The Labute approximate surface area is 163 Å². The fourth-order valence-corrected chi connectivity index (χ4v) is 6.65. The number of hydrogen-bond donors (Lipinski definition) is 3. The quantitative estimate of drug-likeness (QED) is 0.703. The van der Waals surface area contributed by atoms with Crippen molar-refractivity contribution in [3.05, 3.63) is 36.0 Å². The number of nitrogens with zero attached hydrogens (tertiary/aromatic N) is 2. The zero-order chi connectivity index (χ0) is 19.9. The molecule has 2 saturated carbocycles. The Hall–Kier alpha value is -2.68. The number of sulfone groups is 1. The minimum atomic E-state index is -3.32. The molecule has 1 aromatic heterocycles. The Morgan fingerprint density at radius 3 is 2.32 bits per heavy atom. The van der Waals surface area contributed by atoms with Crippen LogP contribution in [0.4, 0.5) is 16.3 Å². The van der Waals surface area contributed by atoms with Crippen LogP contribution < -0.4 is 16.8 Å². The van der Waals surface area contributed by atoms with E-state index in [2.05, 4.69) is 15.3 Å². The highest BCUT2D eigenvalue weighted by atomic mass is 32.2. The lowest BCUT2D eigenvalue weighted by atomic mass is 10.1. The van der Waals surface area contributed by atoms with Crippen LogP contribution in [0.1, 0.15) is 44.2 Å². The summed E-state index contributed by atoms with van der Waals surface area (Å²) >= 11 is 0. The third-order valence-electron chi connectivity index (χ3n) is 5.61. The number of nitrogen functional groups attached to an aromatic ring is 1. The number of amides is 2. The minimum Gasteiger partial charge on any atom is -0.384 e. The van der Waals surface area contributed by atoms with Crippen LogP contribution in [0.2, 0.25) is 0 Å². The number of urea groups is 1. The first kappa shape index (κ1) is 18.7. The zero-order valence-corrected chi connectivity index (χ0v) is 16.2. The van der Waals surface area contributed by atoms with E-state index in [1.807, 2.05) is 0 Å². The third kappa shape index (κ3) is 3.19. The second kappa shape index (κ2) is 6.73. The molecule has 4 rings (SSSR count). The van der Waals surface area contributed by atoms with E-state index in [0.29, 0.717) is 35.6 Å². The minimum absolute atomic E-state index is 0.243. The van der Waals surface area contributed by atoms with Crippen molar-refractivity contribution >= 4 is 27.4 Å². The van der Waals surface area contributed by atoms with E-state index in [4.69, 9.17) is 11.5 Å². The molecule has 2 fully saturated rings. The number of carbonyl (C=O) groups excluding carboxylic acids is 1. The number of nitrogens with two attached hydrogens (primary N) is 2. The number of aromatic nitrogens is 2. The van der Waals surface area contributed by atoms with E-state index in [1.54, 1.807) is 30.3 Å². The van der Waals surface area contributed by atoms with Gasteiger partial charge >= 0.3 is 6.03 Å². The molecule has 0 radical (unpaired) electrons. The fourth-order valence-electron chi connectivity index (χ4n) is 3.99. The molecule has 28 heavy (non-hydrogen) atoms. The van der Waals surface area contributed by atoms with Crippen LogP contribution in [0.5, 0.6) is 0 Å². The Bertz CT molecular complexity index is 1010. The highest BCUT2D eigenvalue weighted by molar-refractivity contribution is 7.93. The van der Waals surface area contributed by atoms with Gasteiger partial charge in [-0.15, -0.1) is 0 Å². The molecular formula is C19H23N5O3S. The molecule has 0 atom stereocenters. The summed E-state index contributed by atoms with van der Waals surface area (Å²) in [6, 6.07) is 7.75. The van der Waals surface area contributed by atoms with Gasteiger partial charge in [0.25, 0.3) is 0 Å². The zero-order valence-electron chi connectivity index (χ0n) is 15.4. The number of hydrogen-bond acceptors (Lipinski definition) is 6. The molecule has 0 unspecified atom stereocenters. The SMILES string of the molecule is NC(=O)Nc1ccc(-c2nc(N)cc(C3(S(=O)(=O)C4CCCC4)CC3)n2)cc1. The van der Waals surface area contributed by atoms with Crippen LogP contribution in [-0.2, 0) is 14.6 Å². The predicted molar refractivity (Wildman–Crippen MR) is 107 cm³/mol. The standard InChI is InChI=1S/C19H23N5O3S/c20-16-11-15(19(9-10-19)28(26,27)14-3-1-2-4-14)23-17(24-16)12-5-7-13(8-6-12)22-18(21)25/h5-8,11,14H,1-4,9-10H2,(H2,20,23,24)(H3,21,22,25). The number of nitrogens with one attached hydrogen (secondary N) is 1. The van der Waals surface area contributed by atoms with Gasteiger partial charge in [-0.05, 0) is 49.9 Å². The van der Waals surface area contributed by atoms with Gasteiger partial charge < -0.3 is 16.8 Å². The molecule has 0 saturated heterocycles. The molecule has 2 aliphatic rings. The molecule has 0 bridgehead atoms. The summed E-state index contributed by atoms with van der Waals surface area (Å²) in [6.07, 6.45) is 4.52. The van der Waals surface area contributed by atoms with Crippen molar-refractivity contribution in [1.82, 2.24) is 9.97 Å². The molecule has 9 heteroatoms. The van der Waals surface area contributed by atoms with E-state index in [0.717, 1.165) is 25.7 Å². The van der Waals surface area contributed by atoms with Crippen molar-refractivity contribution in [3.63, 3.8) is 0 Å². The average Bonchev–Trinajstić information content (AvgIpc) is 3.29. The van der Waals surface area contributed by atoms with Crippen LogP contribution in [0, 0.1) is 0 Å². The van der Waals surface area contributed by atoms with Crippen molar-refractivity contribution < 1.29 is 13.2 Å². The average molecular weight is 401 g/mol. The summed E-state index contributed by atoms with van der Waals surface area (Å²) in [5.41, 5.74) is 12.8. The van der Waals surface area contributed by atoms with Gasteiger partial charge in [0.05, 0.1) is 10.9 Å². The first-order valence-corrected chi connectivity index (χ1v) is 10.9. The topological polar surface area (TPSA) is 141 Å². The van der Waals surface area contributed by atoms with Crippen LogP contribution >= 0.6 is 0 Å². The van der Waals surface area contributed by atoms with Crippen LogP contribution in [0.3, 0.4) is 0 Å². The molecule has 2 aromatic rings. The Morgan fingerprint density at radius 1 is 1.11 bits per heavy atom. The summed E-state index contributed by atoms with van der Waals surface area (Å²) in [4.78, 5) is 19.8. The summed E-state index contributed by atoms with van der Waals surface area (Å²) in [6.45, 7) is 0. The van der Waals surface area contributed by atoms with Crippen LogP contribution in [0.15, 0.2) is 30.3 Å². The molecule has 2 aliphatic carbocycles. The molecule has 8 nitrogen and oxygen atoms in total. The van der Waals surface area contributed by atoms with E-state index < -0.39 is 20.6 Å². The lowest BCUT2D eigenvalue weighted by molar-refractivity contribution is 0.259. The van der Waals surface area contributed by atoms with Gasteiger partial charge in [-0.3, -0.25) is 0 Å². The molecule has 1 aromatic carbocycles. The van der Waals surface area contributed by atoms with Gasteiger partial charge in [0.1, 0.15) is 10.6 Å². The number of benzene rings is 1. The van der Waals surface area contributed by atoms with Crippen molar-refractivity contribution in [1.29, 1.82) is 0 Å². The van der Waals surface area contributed by atoms with Gasteiger partial charge in [0.2, 0.25) is 0 Å². The molecule has 0 aliphatic heterocycles. The van der Waals surface area contributed by atoms with Crippen molar-refractivity contribution in [2.75, 3.05) is 11.1 Å². The maximum absolute atomic E-state index is 13.3. The predicted octanol–water partition coefficient (Wildman–Crippen LogP) is 2.56. The van der Waals surface area contributed by atoms with E-state index in [9.17, 15) is 13.2 Å². The summed E-state index contributed by atoms with van der Waals surface area (Å²) in [5, 5.41) is 2.20. The number of carbonyl (C=O) groups is 1. The van der Waals surface area contributed by atoms with Gasteiger partial charge in [-0.25, -0.2) is 23.2 Å². The van der Waals surface area contributed by atoms with Crippen molar-refractivity contribution in [2.45, 2.75) is 48.5 Å². The second-order valence-corrected chi connectivity index (χ2v) is 10.1. The first-order chi connectivity index (χ1) is 13.3. The lowest BCUT2D eigenvalue weighted by Crippen LogP contribution is -2.31. The summed E-state index contributed by atoms with van der Waals surface area (Å²) in [7, 11) is -3.32. The van der Waals surface area contributed by atoms with Crippen molar-refractivity contribution in [3.8, 4) is 11.4 Å². The lowest BCUT2D eigenvalue weighted by Gasteiger charge is -2.21. The first-order valence-electron chi connectivity index (χ1n) is 9.37. The maximum Gasteiger partial charge on any atom is 0.316 e. The van der Waals surface area contributed by atoms with Gasteiger partial charge in [0, 0.05) is 17.3 Å². The highest BCUT2D eigenvalue weighted by Gasteiger charge is 2.59. The molecular weight excluding hydrogens is 378 g/mol. The van der Waals surface area contributed by atoms with E-state index >= 15 is 0 Å². The van der Waals surface area contributed by atoms with E-state index in [1.165, 1.54) is 0 Å². The largest absolute Gasteiger partial charge is 0.384 e. The van der Waals surface area contributed by atoms with Crippen molar-refractivity contribution in [2.24, 2.45) is 5.73 Å². The molecule has 0 spiro atoms.